The Labute approximate surface area is 167 Å². The first kappa shape index (κ1) is 19.0. The van der Waals surface area contributed by atoms with Crippen LogP contribution in [0.4, 0.5) is 4.39 Å². The van der Waals surface area contributed by atoms with Crippen molar-refractivity contribution in [2.45, 2.75) is 33.2 Å². The molecule has 0 atom stereocenters. The maximum atomic E-state index is 13.2. The Kier molecular flexibility index (Phi) is 5.00. The van der Waals surface area contributed by atoms with E-state index in [-0.39, 0.29) is 23.4 Å². The minimum absolute atomic E-state index is 0.181. The molecule has 1 aliphatic rings. The number of carbonyl (C=O) groups excluding carboxylic acids is 1. The smallest absolute Gasteiger partial charge is 0.274 e. The molecular formula is C21H22FN5O2. The largest absolute Gasteiger partial charge is 0.333 e. The summed E-state index contributed by atoms with van der Waals surface area (Å²) in [5.41, 5.74) is 2.08. The van der Waals surface area contributed by atoms with Crippen LogP contribution in [-0.4, -0.2) is 37.1 Å². The van der Waals surface area contributed by atoms with E-state index in [9.17, 15) is 14.0 Å². The molecule has 1 aromatic carbocycles. The second kappa shape index (κ2) is 7.62. The van der Waals surface area contributed by atoms with Gasteiger partial charge in [0.05, 0.1) is 0 Å². The molecule has 8 heteroatoms. The van der Waals surface area contributed by atoms with Crippen LogP contribution >= 0.6 is 0 Å². The van der Waals surface area contributed by atoms with Crippen molar-refractivity contribution in [2.24, 2.45) is 5.92 Å². The summed E-state index contributed by atoms with van der Waals surface area (Å²) in [4.78, 5) is 35.8. The van der Waals surface area contributed by atoms with Crippen LogP contribution in [0.2, 0.25) is 0 Å². The lowest BCUT2D eigenvalue weighted by Crippen LogP contribution is -2.33. The van der Waals surface area contributed by atoms with E-state index >= 15 is 0 Å². The molecule has 0 aliphatic heterocycles. The summed E-state index contributed by atoms with van der Waals surface area (Å²) in [7, 11) is 0. The number of nitrogens with one attached hydrogen (secondary N) is 1. The maximum absolute atomic E-state index is 13.2. The number of carbonyl (C=O) groups is 1. The Balaban J connectivity index is 1.62. The lowest BCUT2D eigenvalue weighted by molar-refractivity contribution is 0.0728. The highest BCUT2D eigenvalue weighted by molar-refractivity contribution is 5.92. The van der Waals surface area contributed by atoms with Crippen LogP contribution < -0.4 is 5.56 Å². The van der Waals surface area contributed by atoms with Crippen LogP contribution in [0.5, 0.6) is 0 Å². The highest BCUT2D eigenvalue weighted by Crippen LogP contribution is 2.30. The van der Waals surface area contributed by atoms with Crippen LogP contribution in [0, 0.1) is 25.6 Å². The van der Waals surface area contributed by atoms with Gasteiger partial charge in [0, 0.05) is 30.5 Å². The van der Waals surface area contributed by atoms with Gasteiger partial charge < -0.3 is 4.90 Å². The van der Waals surface area contributed by atoms with Crippen molar-refractivity contribution in [2.75, 3.05) is 6.54 Å². The highest BCUT2D eigenvalue weighted by Gasteiger charge is 2.28. The van der Waals surface area contributed by atoms with Crippen molar-refractivity contribution in [1.82, 2.24) is 24.6 Å². The number of rotatable bonds is 6. The molecule has 2 aromatic heterocycles. The molecule has 1 amide bonds. The molecular weight excluding hydrogens is 373 g/mol. The van der Waals surface area contributed by atoms with Gasteiger partial charge >= 0.3 is 0 Å². The van der Waals surface area contributed by atoms with Gasteiger partial charge in [0.15, 0.2) is 0 Å². The Morgan fingerprint density at radius 1 is 1.17 bits per heavy atom. The molecule has 0 unspecified atom stereocenters. The van der Waals surface area contributed by atoms with Gasteiger partial charge in [-0.2, -0.15) is 4.68 Å². The number of amides is 1. The van der Waals surface area contributed by atoms with Gasteiger partial charge in [0.1, 0.15) is 11.5 Å². The number of halogens is 1. The molecule has 4 rings (SSSR count). The average molecular weight is 395 g/mol. The van der Waals surface area contributed by atoms with Crippen LogP contribution in [0.15, 0.2) is 41.2 Å². The molecule has 7 nitrogen and oxygen atoms in total. The van der Waals surface area contributed by atoms with Crippen LogP contribution in [-0.2, 0) is 6.54 Å². The first-order chi connectivity index (χ1) is 13.9. The number of benzene rings is 1. The van der Waals surface area contributed by atoms with Gasteiger partial charge in [-0.3, -0.25) is 14.7 Å². The number of hydrogen-bond acceptors (Lipinski definition) is 4. The van der Waals surface area contributed by atoms with Crippen LogP contribution in [0.25, 0.3) is 5.95 Å². The number of hydrogen-bond donors (Lipinski definition) is 1. The summed E-state index contributed by atoms with van der Waals surface area (Å²) in [6.07, 6.45) is 2.17. The normalized spacial score (nSPS) is 13.5. The molecule has 2 heterocycles. The maximum Gasteiger partial charge on any atom is 0.274 e. The van der Waals surface area contributed by atoms with Crippen molar-refractivity contribution in [1.29, 1.82) is 0 Å². The first-order valence-electron chi connectivity index (χ1n) is 9.57. The molecule has 1 saturated carbocycles. The average Bonchev–Trinajstić information content (AvgIpc) is 3.40. The molecule has 3 aromatic rings. The van der Waals surface area contributed by atoms with E-state index in [1.165, 1.54) is 22.9 Å². The molecule has 150 valence electrons. The van der Waals surface area contributed by atoms with Crippen LogP contribution in [0.1, 0.15) is 40.3 Å². The van der Waals surface area contributed by atoms with Gasteiger partial charge in [-0.25, -0.2) is 14.4 Å². The second-order valence-electron chi connectivity index (χ2n) is 7.55. The molecule has 0 saturated heterocycles. The Bertz CT molecular complexity index is 1080. The standard InChI is InChI=1S/C21H22FN5O2/c1-13-9-14(2)24-21(23-13)27-19(28)10-18(25-27)20(29)26(11-15-3-4-15)12-16-5-7-17(22)8-6-16/h5-10,15,25H,3-4,11-12H2,1-2H3. The number of H-pyrrole nitrogens is 1. The van der Waals surface area contributed by atoms with E-state index in [0.717, 1.165) is 29.8 Å². The summed E-state index contributed by atoms with van der Waals surface area (Å²) in [5.74, 6) is 0.0833. The minimum atomic E-state index is -0.397. The Hall–Kier alpha value is -3.29. The predicted molar refractivity (Wildman–Crippen MR) is 105 cm³/mol. The van der Waals surface area contributed by atoms with E-state index in [4.69, 9.17) is 0 Å². The zero-order chi connectivity index (χ0) is 20.5. The summed E-state index contributed by atoms with van der Waals surface area (Å²) in [6, 6.07) is 9.17. The van der Waals surface area contributed by atoms with E-state index in [1.54, 1.807) is 17.0 Å². The van der Waals surface area contributed by atoms with Gasteiger partial charge in [0.2, 0.25) is 0 Å². The van der Waals surface area contributed by atoms with Crippen molar-refractivity contribution in [3.63, 3.8) is 0 Å². The first-order valence-corrected chi connectivity index (χ1v) is 9.57. The molecule has 1 aliphatic carbocycles. The number of nitrogens with zero attached hydrogens (tertiary/aromatic N) is 4. The summed E-state index contributed by atoms with van der Waals surface area (Å²) in [6.45, 7) is 4.59. The summed E-state index contributed by atoms with van der Waals surface area (Å²) < 4.78 is 14.4. The fourth-order valence-corrected chi connectivity index (χ4v) is 3.27. The molecule has 0 spiro atoms. The SMILES string of the molecule is Cc1cc(C)nc(-n2[nH]c(C(=O)N(Cc3ccc(F)cc3)CC3CC3)cc2=O)n1. The van der Waals surface area contributed by atoms with Gasteiger partial charge in [0.25, 0.3) is 17.4 Å². The predicted octanol–water partition coefficient (Wildman–Crippen LogP) is 2.76. The highest BCUT2D eigenvalue weighted by atomic mass is 19.1. The molecule has 29 heavy (non-hydrogen) atoms. The van der Waals surface area contributed by atoms with Crippen molar-refractivity contribution < 1.29 is 9.18 Å². The fourth-order valence-electron chi connectivity index (χ4n) is 3.27. The van der Waals surface area contributed by atoms with Crippen molar-refractivity contribution in [3.8, 4) is 5.95 Å². The van der Waals surface area contributed by atoms with Crippen LogP contribution in [0.3, 0.4) is 0 Å². The van der Waals surface area contributed by atoms with Gasteiger partial charge in [-0.15, -0.1) is 0 Å². The van der Waals surface area contributed by atoms with E-state index in [0.29, 0.717) is 19.0 Å². The third-order valence-electron chi connectivity index (χ3n) is 4.87. The zero-order valence-corrected chi connectivity index (χ0v) is 16.4. The monoisotopic (exact) mass is 395 g/mol. The second-order valence-corrected chi connectivity index (χ2v) is 7.55. The lowest BCUT2D eigenvalue weighted by Gasteiger charge is -2.22. The number of aromatic nitrogens is 4. The minimum Gasteiger partial charge on any atom is -0.333 e. The third-order valence-corrected chi connectivity index (χ3v) is 4.87. The van der Waals surface area contributed by atoms with Crippen molar-refractivity contribution >= 4 is 5.91 Å². The molecule has 1 fully saturated rings. The summed E-state index contributed by atoms with van der Waals surface area (Å²) in [5, 5.41) is 2.85. The summed E-state index contributed by atoms with van der Waals surface area (Å²) >= 11 is 0. The third kappa shape index (κ3) is 4.42. The quantitative estimate of drug-likeness (QED) is 0.696. The topological polar surface area (TPSA) is 83.9 Å². The zero-order valence-electron chi connectivity index (χ0n) is 16.4. The van der Waals surface area contributed by atoms with Gasteiger partial charge in [-0.05, 0) is 56.4 Å². The number of aryl methyl sites for hydroxylation is 2. The molecule has 1 N–H and O–H groups in total. The fraction of sp³-hybridized carbons (Fsp3) is 0.333. The molecule has 0 bridgehead atoms. The van der Waals surface area contributed by atoms with Crippen molar-refractivity contribution in [3.05, 3.63) is 75.2 Å². The van der Waals surface area contributed by atoms with E-state index in [2.05, 4.69) is 15.1 Å². The number of aromatic amines is 1. The Morgan fingerprint density at radius 3 is 2.45 bits per heavy atom. The molecule has 0 radical (unpaired) electrons. The van der Waals surface area contributed by atoms with Gasteiger partial charge in [-0.1, -0.05) is 12.1 Å². The lowest BCUT2D eigenvalue weighted by atomic mass is 10.2. The Morgan fingerprint density at radius 2 is 1.83 bits per heavy atom. The van der Waals surface area contributed by atoms with E-state index < -0.39 is 5.56 Å². The van der Waals surface area contributed by atoms with E-state index in [1.807, 2.05) is 19.9 Å².